The van der Waals surface area contributed by atoms with Crippen LogP contribution < -0.4 is 15.4 Å². The number of likely N-dealkylation sites (tertiary alicyclic amines) is 1. The number of nitrogens with zero attached hydrogens (tertiary/aromatic N) is 1. The molecule has 1 aliphatic heterocycles. The first-order valence-electron chi connectivity index (χ1n) is 11.1. The molecule has 1 saturated heterocycles. The average molecular weight is 450 g/mol. The fourth-order valence-corrected chi connectivity index (χ4v) is 4.63. The van der Waals surface area contributed by atoms with Crippen LogP contribution in [-0.2, 0) is 14.4 Å². The van der Waals surface area contributed by atoms with Gasteiger partial charge in [-0.25, -0.2) is 0 Å². The number of carbonyl (C=O) groups is 4. The molecule has 0 bridgehead atoms. The van der Waals surface area contributed by atoms with E-state index in [1.165, 1.54) is 7.11 Å². The van der Waals surface area contributed by atoms with Crippen LogP contribution in [0.25, 0.3) is 0 Å². The van der Waals surface area contributed by atoms with Gasteiger partial charge in [0.05, 0.1) is 18.2 Å². The molecule has 8 nitrogen and oxygen atoms in total. The van der Waals surface area contributed by atoms with E-state index in [4.69, 9.17) is 4.74 Å². The molecule has 2 N–H and O–H groups in total. The van der Waals surface area contributed by atoms with Gasteiger partial charge in [0.2, 0.25) is 17.7 Å². The molecular formula is C25H27N3O5. The van der Waals surface area contributed by atoms with Gasteiger partial charge in [-0.05, 0) is 49.2 Å². The standard InChI is InChI=1S/C25H27N3O5/c1-33-20-8-4-3-7-19(20)27-23(31)17-9-11-18(12-10-17)26-21(29)16-28-22(30)15-25(24(28)32)13-5-2-6-14-25/h3-4,7-12H,2,5-6,13-16H2,1H3,(H,26,29)(H,27,31). The molecule has 0 radical (unpaired) electrons. The number of anilines is 2. The molecule has 1 aliphatic carbocycles. The Kier molecular flexibility index (Phi) is 6.44. The SMILES string of the molecule is COc1ccccc1NC(=O)c1ccc(NC(=O)CN2C(=O)CC3(CCCCC3)C2=O)cc1. The van der Waals surface area contributed by atoms with Crippen molar-refractivity contribution < 1.29 is 23.9 Å². The van der Waals surface area contributed by atoms with E-state index < -0.39 is 11.3 Å². The highest BCUT2D eigenvalue weighted by Crippen LogP contribution is 2.45. The molecular weight excluding hydrogens is 422 g/mol. The molecule has 0 atom stereocenters. The molecule has 0 aromatic heterocycles. The number of amides is 4. The van der Waals surface area contributed by atoms with Crippen molar-refractivity contribution >= 4 is 35.0 Å². The molecule has 0 unspecified atom stereocenters. The molecule has 172 valence electrons. The fraction of sp³-hybridized carbons (Fsp3) is 0.360. The lowest BCUT2D eigenvalue weighted by Crippen LogP contribution is -2.41. The molecule has 1 spiro atoms. The number of carbonyl (C=O) groups excluding carboxylic acids is 4. The van der Waals surface area contributed by atoms with E-state index in [9.17, 15) is 19.2 Å². The minimum absolute atomic E-state index is 0.203. The van der Waals surface area contributed by atoms with Crippen LogP contribution in [0.2, 0.25) is 0 Å². The summed E-state index contributed by atoms with van der Waals surface area (Å²) in [5, 5.41) is 5.49. The van der Waals surface area contributed by atoms with Gasteiger partial charge in [0, 0.05) is 17.7 Å². The van der Waals surface area contributed by atoms with Crippen LogP contribution in [0.4, 0.5) is 11.4 Å². The Balaban J connectivity index is 1.35. The Labute approximate surface area is 192 Å². The van der Waals surface area contributed by atoms with Crippen molar-refractivity contribution in [2.75, 3.05) is 24.3 Å². The second-order valence-electron chi connectivity index (χ2n) is 8.58. The summed E-state index contributed by atoms with van der Waals surface area (Å²) in [5.74, 6) is -0.707. The van der Waals surface area contributed by atoms with Crippen molar-refractivity contribution in [2.24, 2.45) is 5.41 Å². The zero-order valence-electron chi connectivity index (χ0n) is 18.6. The summed E-state index contributed by atoms with van der Waals surface area (Å²) in [4.78, 5) is 51.4. The zero-order valence-corrected chi connectivity index (χ0v) is 18.6. The monoisotopic (exact) mass is 449 g/mol. The van der Waals surface area contributed by atoms with Gasteiger partial charge in [-0.15, -0.1) is 0 Å². The Morgan fingerprint density at radius 3 is 2.36 bits per heavy atom. The van der Waals surface area contributed by atoms with Crippen LogP contribution in [0.1, 0.15) is 48.9 Å². The van der Waals surface area contributed by atoms with E-state index in [0.29, 0.717) is 35.5 Å². The van der Waals surface area contributed by atoms with Crippen molar-refractivity contribution in [1.29, 1.82) is 0 Å². The highest BCUT2D eigenvalue weighted by atomic mass is 16.5. The first-order chi connectivity index (χ1) is 15.9. The summed E-state index contributed by atoms with van der Waals surface area (Å²) in [5.41, 5.74) is 0.827. The van der Waals surface area contributed by atoms with Crippen molar-refractivity contribution in [3.8, 4) is 5.75 Å². The largest absolute Gasteiger partial charge is 0.495 e. The highest BCUT2D eigenvalue weighted by molar-refractivity contribution is 6.09. The minimum Gasteiger partial charge on any atom is -0.495 e. The fourth-order valence-electron chi connectivity index (χ4n) is 4.63. The number of benzene rings is 2. The number of ether oxygens (including phenoxy) is 1. The maximum absolute atomic E-state index is 12.9. The molecule has 2 aliphatic rings. The molecule has 1 heterocycles. The molecule has 1 saturated carbocycles. The second-order valence-corrected chi connectivity index (χ2v) is 8.58. The molecule has 2 aromatic rings. The number of imide groups is 1. The number of methoxy groups -OCH3 is 1. The van der Waals surface area contributed by atoms with Crippen LogP contribution in [0, 0.1) is 5.41 Å². The van der Waals surface area contributed by atoms with Crippen LogP contribution in [0.5, 0.6) is 5.75 Å². The third-order valence-corrected chi connectivity index (χ3v) is 6.39. The third kappa shape index (κ3) is 4.74. The second kappa shape index (κ2) is 9.44. The lowest BCUT2D eigenvalue weighted by atomic mass is 9.73. The van der Waals surface area contributed by atoms with Crippen LogP contribution in [0.3, 0.4) is 0 Å². The van der Waals surface area contributed by atoms with E-state index in [1.807, 2.05) is 6.07 Å². The van der Waals surface area contributed by atoms with E-state index in [2.05, 4.69) is 10.6 Å². The third-order valence-electron chi connectivity index (χ3n) is 6.39. The minimum atomic E-state index is -0.605. The van der Waals surface area contributed by atoms with E-state index >= 15 is 0 Å². The molecule has 33 heavy (non-hydrogen) atoms. The highest BCUT2D eigenvalue weighted by Gasteiger charge is 2.51. The van der Waals surface area contributed by atoms with Gasteiger partial charge >= 0.3 is 0 Å². The van der Waals surface area contributed by atoms with Crippen LogP contribution in [0.15, 0.2) is 48.5 Å². The predicted molar refractivity (Wildman–Crippen MR) is 123 cm³/mol. The number of hydrogen-bond donors (Lipinski definition) is 2. The van der Waals surface area contributed by atoms with Gasteiger partial charge in [0.15, 0.2) is 0 Å². The van der Waals surface area contributed by atoms with Gasteiger partial charge in [0.25, 0.3) is 5.91 Å². The van der Waals surface area contributed by atoms with E-state index in [-0.39, 0.29) is 30.7 Å². The van der Waals surface area contributed by atoms with E-state index in [0.717, 1.165) is 24.2 Å². The van der Waals surface area contributed by atoms with Crippen LogP contribution >= 0.6 is 0 Å². The van der Waals surface area contributed by atoms with Crippen molar-refractivity contribution in [1.82, 2.24) is 4.90 Å². The summed E-state index contributed by atoms with van der Waals surface area (Å²) < 4.78 is 5.24. The van der Waals surface area contributed by atoms with Gasteiger partial charge in [-0.3, -0.25) is 24.1 Å². The molecule has 4 rings (SSSR count). The summed E-state index contributed by atoms with van der Waals surface area (Å²) in [6.07, 6.45) is 4.60. The van der Waals surface area contributed by atoms with Gasteiger partial charge in [-0.2, -0.15) is 0 Å². The predicted octanol–water partition coefficient (Wildman–Crippen LogP) is 3.60. The van der Waals surface area contributed by atoms with Gasteiger partial charge < -0.3 is 15.4 Å². The van der Waals surface area contributed by atoms with Crippen molar-refractivity contribution in [3.63, 3.8) is 0 Å². The van der Waals surface area contributed by atoms with Gasteiger partial charge in [0.1, 0.15) is 12.3 Å². The topological polar surface area (TPSA) is 105 Å². The Morgan fingerprint density at radius 1 is 0.970 bits per heavy atom. The quantitative estimate of drug-likeness (QED) is 0.656. The number of rotatable bonds is 6. The Morgan fingerprint density at radius 2 is 1.67 bits per heavy atom. The first-order valence-corrected chi connectivity index (χ1v) is 11.1. The summed E-state index contributed by atoms with van der Waals surface area (Å²) in [6, 6.07) is 13.5. The number of hydrogen-bond acceptors (Lipinski definition) is 5. The van der Waals surface area contributed by atoms with E-state index in [1.54, 1.807) is 42.5 Å². The Bertz CT molecular complexity index is 1070. The number of nitrogens with one attached hydrogen (secondary N) is 2. The average Bonchev–Trinajstić information content (AvgIpc) is 3.04. The Hall–Kier alpha value is -3.68. The lowest BCUT2D eigenvalue weighted by Gasteiger charge is -2.30. The zero-order chi connectivity index (χ0) is 23.4. The number of para-hydroxylation sites is 2. The summed E-state index contributed by atoms with van der Waals surface area (Å²) in [6.45, 7) is -0.296. The smallest absolute Gasteiger partial charge is 0.255 e. The van der Waals surface area contributed by atoms with Crippen molar-refractivity contribution in [2.45, 2.75) is 38.5 Å². The molecule has 8 heteroatoms. The normalized spacial score (nSPS) is 17.2. The summed E-state index contributed by atoms with van der Waals surface area (Å²) >= 11 is 0. The molecule has 2 aromatic carbocycles. The molecule has 4 amide bonds. The molecule has 2 fully saturated rings. The summed E-state index contributed by atoms with van der Waals surface area (Å²) in [7, 11) is 1.53. The van der Waals surface area contributed by atoms with Crippen molar-refractivity contribution in [3.05, 3.63) is 54.1 Å². The van der Waals surface area contributed by atoms with Gasteiger partial charge in [-0.1, -0.05) is 31.4 Å². The lowest BCUT2D eigenvalue weighted by molar-refractivity contribution is -0.144. The maximum Gasteiger partial charge on any atom is 0.255 e. The maximum atomic E-state index is 12.9. The van der Waals surface area contributed by atoms with Crippen LogP contribution in [-0.4, -0.2) is 42.2 Å². The first kappa shape index (κ1) is 22.5.